The van der Waals surface area contributed by atoms with Crippen molar-refractivity contribution in [1.82, 2.24) is 0 Å². The van der Waals surface area contributed by atoms with Crippen LogP contribution in [0.3, 0.4) is 0 Å². The minimum atomic E-state index is -0.0963. The van der Waals surface area contributed by atoms with Gasteiger partial charge < -0.3 is 4.74 Å². The molecule has 0 aromatic carbocycles. The van der Waals surface area contributed by atoms with Gasteiger partial charge in [0.05, 0.1) is 7.11 Å². The Labute approximate surface area is 90.0 Å². The summed E-state index contributed by atoms with van der Waals surface area (Å²) >= 11 is 0. The van der Waals surface area contributed by atoms with Gasteiger partial charge in [0.2, 0.25) is 0 Å². The minimum Gasteiger partial charge on any atom is -0.466 e. The average molecular weight is 204 g/mol. The van der Waals surface area contributed by atoms with Crippen molar-refractivity contribution in [2.45, 2.75) is 19.8 Å². The number of allylic oxidation sites excluding steroid dienone is 3. The number of rotatable bonds is 1. The Balaban J connectivity index is 1.97. The molecule has 1 fully saturated rings. The van der Waals surface area contributed by atoms with Crippen molar-refractivity contribution in [2.24, 2.45) is 23.7 Å². The SMILES string of the molecule is COC(=O)C1=C(C)CC2C3C=CC(C3)C12. The van der Waals surface area contributed by atoms with E-state index in [4.69, 9.17) is 4.74 Å². The van der Waals surface area contributed by atoms with E-state index in [2.05, 4.69) is 19.1 Å². The van der Waals surface area contributed by atoms with Gasteiger partial charge in [0.15, 0.2) is 0 Å². The second-order valence-corrected chi connectivity index (χ2v) is 5.03. The van der Waals surface area contributed by atoms with E-state index in [0.29, 0.717) is 17.8 Å². The molecule has 3 rings (SSSR count). The lowest BCUT2D eigenvalue weighted by Crippen LogP contribution is -2.21. The van der Waals surface area contributed by atoms with Crippen LogP contribution in [0.25, 0.3) is 0 Å². The highest BCUT2D eigenvalue weighted by Gasteiger charge is 2.51. The molecule has 0 radical (unpaired) electrons. The number of hydrogen-bond acceptors (Lipinski definition) is 2. The highest BCUT2D eigenvalue weighted by Crippen LogP contribution is 2.57. The lowest BCUT2D eigenvalue weighted by molar-refractivity contribution is -0.136. The molecule has 2 heteroatoms. The van der Waals surface area contributed by atoms with Crippen molar-refractivity contribution in [1.29, 1.82) is 0 Å². The smallest absolute Gasteiger partial charge is 0.333 e. The molecule has 3 aliphatic rings. The van der Waals surface area contributed by atoms with Crippen LogP contribution in [0.15, 0.2) is 23.3 Å². The predicted octanol–water partition coefficient (Wildman–Crippen LogP) is 2.32. The summed E-state index contributed by atoms with van der Waals surface area (Å²) in [4.78, 5) is 11.7. The van der Waals surface area contributed by atoms with E-state index in [1.54, 1.807) is 0 Å². The van der Waals surface area contributed by atoms with E-state index in [1.807, 2.05) is 0 Å². The molecule has 0 aliphatic heterocycles. The van der Waals surface area contributed by atoms with Gasteiger partial charge >= 0.3 is 5.97 Å². The second-order valence-electron chi connectivity index (χ2n) is 5.03. The maximum atomic E-state index is 11.7. The summed E-state index contributed by atoms with van der Waals surface area (Å²) in [5.41, 5.74) is 2.25. The van der Waals surface area contributed by atoms with Gasteiger partial charge in [-0.15, -0.1) is 0 Å². The van der Waals surface area contributed by atoms with E-state index in [0.717, 1.165) is 17.9 Å². The van der Waals surface area contributed by atoms with Crippen molar-refractivity contribution in [2.75, 3.05) is 7.11 Å². The Morgan fingerprint density at radius 2 is 2.13 bits per heavy atom. The highest BCUT2D eigenvalue weighted by molar-refractivity contribution is 5.91. The predicted molar refractivity (Wildman–Crippen MR) is 57.1 cm³/mol. The van der Waals surface area contributed by atoms with Gasteiger partial charge in [-0.25, -0.2) is 4.79 Å². The number of carbonyl (C=O) groups is 1. The van der Waals surface area contributed by atoms with Crippen LogP contribution in [0.4, 0.5) is 0 Å². The molecule has 80 valence electrons. The van der Waals surface area contributed by atoms with Crippen LogP contribution in [-0.2, 0) is 9.53 Å². The van der Waals surface area contributed by atoms with Gasteiger partial charge in [0.1, 0.15) is 0 Å². The van der Waals surface area contributed by atoms with Crippen molar-refractivity contribution in [3.8, 4) is 0 Å². The Bertz CT molecular complexity index is 378. The van der Waals surface area contributed by atoms with Crippen LogP contribution in [0.5, 0.6) is 0 Å². The van der Waals surface area contributed by atoms with E-state index in [9.17, 15) is 4.79 Å². The van der Waals surface area contributed by atoms with Crippen LogP contribution >= 0.6 is 0 Å². The molecule has 0 saturated heterocycles. The van der Waals surface area contributed by atoms with Crippen LogP contribution in [0.1, 0.15) is 19.8 Å². The number of fused-ring (bicyclic) bond motifs is 5. The van der Waals surface area contributed by atoms with E-state index < -0.39 is 0 Å². The number of methoxy groups -OCH3 is 1. The molecule has 0 amide bonds. The lowest BCUT2D eigenvalue weighted by Gasteiger charge is -2.22. The molecule has 4 unspecified atom stereocenters. The Kier molecular flexibility index (Phi) is 1.82. The standard InChI is InChI=1S/C13H16O2/c1-7-5-10-8-3-4-9(6-8)12(10)11(7)13(14)15-2/h3-4,8-10,12H,5-6H2,1-2H3. The fourth-order valence-corrected chi connectivity index (χ4v) is 3.80. The highest BCUT2D eigenvalue weighted by atomic mass is 16.5. The Hall–Kier alpha value is -1.05. The van der Waals surface area contributed by atoms with E-state index in [1.165, 1.54) is 19.1 Å². The van der Waals surface area contributed by atoms with Gasteiger partial charge in [-0.3, -0.25) is 0 Å². The lowest BCUT2D eigenvalue weighted by atomic mass is 9.82. The molecule has 3 aliphatic carbocycles. The molecular weight excluding hydrogens is 188 g/mol. The third-order valence-electron chi connectivity index (χ3n) is 4.36. The van der Waals surface area contributed by atoms with Gasteiger partial charge in [-0.05, 0) is 37.5 Å². The summed E-state index contributed by atoms with van der Waals surface area (Å²) in [5.74, 6) is 2.38. The molecule has 0 N–H and O–H groups in total. The summed E-state index contributed by atoms with van der Waals surface area (Å²) in [6, 6.07) is 0. The van der Waals surface area contributed by atoms with Crippen LogP contribution in [0.2, 0.25) is 0 Å². The van der Waals surface area contributed by atoms with Crippen LogP contribution in [0, 0.1) is 23.7 Å². The summed E-state index contributed by atoms with van der Waals surface area (Å²) in [7, 11) is 1.49. The monoisotopic (exact) mass is 204 g/mol. The largest absolute Gasteiger partial charge is 0.466 e. The van der Waals surface area contributed by atoms with Gasteiger partial charge in [0, 0.05) is 11.5 Å². The average Bonchev–Trinajstić information content (AvgIpc) is 2.86. The fraction of sp³-hybridized carbons (Fsp3) is 0.615. The molecule has 4 atom stereocenters. The number of esters is 1. The van der Waals surface area contributed by atoms with Gasteiger partial charge in [-0.2, -0.15) is 0 Å². The van der Waals surface area contributed by atoms with Crippen LogP contribution in [-0.4, -0.2) is 13.1 Å². The zero-order valence-electron chi connectivity index (χ0n) is 9.19. The molecule has 0 heterocycles. The van der Waals surface area contributed by atoms with Crippen molar-refractivity contribution in [3.05, 3.63) is 23.3 Å². The molecule has 2 nitrogen and oxygen atoms in total. The summed E-state index contributed by atoms with van der Waals surface area (Å²) < 4.78 is 4.90. The molecule has 1 saturated carbocycles. The summed E-state index contributed by atoms with van der Waals surface area (Å²) in [5, 5.41) is 0. The number of carbonyl (C=O) groups excluding carboxylic acids is 1. The van der Waals surface area contributed by atoms with Crippen molar-refractivity contribution >= 4 is 5.97 Å². The fourth-order valence-electron chi connectivity index (χ4n) is 3.80. The minimum absolute atomic E-state index is 0.0963. The van der Waals surface area contributed by atoms with E-state index >= 15 is 0 Å². The number of ether oxygens (including phenoxy) is 1. The topological polar surface area (TPSA) is 26.3 Å². The molecule has 0 aromatic rings. The maximum Gasteiger partial charge on any atom is 0.333 e. The first-order valence-electron chi connectivity index (χ1n) is 5.68. The maximum absolute atomic E-state index is 11.7. The molecule has 0 aromatic heterocycles. The zero-order valence-corrected chi connectivity index (χ0v) is 9.19. The second kappa shape index (κ2) is 2.97. The normalized spacial score (nSPS) is 41.2. The summed E-state index contributed by atoms with van der Waals surface area (Å²) in [6.07, 6.45) is 7.00. The molecule has 15 heavy (non-hydrogen) atoms. The first-order valence-corrected chi connectivity index (χ1v) is 5.68. The summed E-state index contributed by atoms with van der Waals surface area (Å²) in [6.45, 7) is 2.09. The van der Waals surface area contributed by atoms with Crippen molar-refractivity contribution < 1.29 is 9.53 Å². The number of hydrogen-bond donors (Lipinski definition) is 0. The van der Waals surface area contributed by atoms with Gasteiger partial charge in [0.25, 0.3) is 0 Å². The van der Waals surface area contributed by atoms with E-state index in [-0.39, 0.29) is 5.97 Å². The third-order valence-corrected chi connectivity index (χ3v) is 4.36. The van der Waals surface area contributed by atoms with Crippen molar-refractivity contribution in [3.63, 3.8) is 0 Å². The molecule has 2 bridgehead atoms. The Morgan fingerprint density at radius 3 is 2.87 bits per heavy atom. The van der Waals surface area contributed by atoms with Gasteiger partial charge in [-0.1, -0.05) is 17.7 Å². The first-order chi connectivity index (χ1) is 7.22. The third kappa shape index (κ3) is 1.08. The zero-order chi connectivity index (χ0) is 10.6. The molecule has 0 spiro atoms. The first kappa shape index (κ1) is 9.20. The van der Waals surface area contributed by atoms with Crippen LogP contribution < -0.4 is 0 Å². The Morgan fingerprint density at radius 1 is 1.40 bits per heavy atom. The molecular formula is C13H16O2. The quantitative estimate of drug-likeness (QED) is 0.484.